The molecule has 0 aliphatic rings. The summed E-state index contributed by atoms with van der Waals surface area (Å²) in [6, 6.07) is -0.123. The molecule has 0 saturated carbocycles. The molecule has 1 atom stereocenters. The lowest BCUT2D eigenvalue weighted by Crippen LogP contribution is -2.44. The van der Waals surface area contributed by atoms with Gasteiger partial charge in [-0.25, -0.2) is 4.79 Å². The summed E-state index contributed by atoms with van der Waals surface area (Å²) in [5.74, 6) is -0.491. The van der Waals surface area contributed by atoms with Gasteiger partial charge in [0, 0.05) is 19.1 Å². The first-order valence-corrected chi connectivity index (χ1v) is 9.79. The quantitative estimate of drug-likeness (QED) is 0.626. The van der Waals surface area contributed by atoms with Gasteiger partial charge in [0.05, 0.1) is 0 Å². The number of amides is 2. The number of carbonyl (C=O) groups is 2. The molecule has 0 fully saturated rings. The van der Waals surface area contributed by atoms with Gasteiger partial charge >= 0.3 is 6.09 Å². The average molecular weight is 304 g/mol. The second-order valence-electron chi connectivity index (χ2n) is 6.58. The smallest absolute Gasteiger partial charge is 0.411 e. The number of rotatable bonds is 7. The van der Waals surface area contributed by atoms with Crippen molar-refractivity contribution in [2.24, 2.45) is 5.73 Å². The number of hydrogen-bond donors (Lipinski definition) is 3. The fraction of sp³-hybridized carbons (Fsp3) is 0.846. The van der Waals surface area contributed by atoms with Gasteiger partial charge in [-0.3, -0.25) is 10.1 Å². The zero-order chi connectivity index (χ0) is 16.0. The van der Waals surface area contributed by atoms with E-state index in [1.54, 1.807) is 5.32 Å². The maximum Gasteiger partial charge on any atom is 0.411 e. The van der Waals surface area contributed by atoms with Crippen LogP contribution in [-0.2, 0) is 9.22 Å². The zero-order valence-electron chi connectivity index (χ0n) is 13.2. The minimum Gasteiger partial charge on any atom is -0.465 e. The first-order chi connectivity index (χ1) is 8.95. The van der Waals surface area contributed by atoms with E-state index in [2.05, 4.69) is 33.9 Å². The molecule has 0 unspecified atom stereocenters. The lowest BCUT2D eigenvalue weighted by molar-refractivity contribution is -0.120. The van der Waals surface area contributed by atoms with Gasteiger partial charge in [-0.05, 0) is 31.0 Å². The van der Waals surface area contributed by atoms with Gasteiger partial charge in [-0.15, -0.1) is 0 Å². The number of nitrogens with one attached hydrogen (secondary N) is 1. The summed E-state index contributed by atoms with van der Waals surface area (Å²) in [4.78, 5) is 21.4. The molecule has 0 rings (SSSR count). The van der Waals surface area contributed by atoms with Crippen molar-refractivity contribution in [2.75, 3.05) is 6.61 Å². The fourth-order valence-corrected chi connectivity index (χ4v) is 2.39. The molecular formula is C13H28N2O4Si. The molecule has 0 aromatic heterocycles. The highest BCUT2D eigenvalue weighted by Gasteiger charge is 2.37. The van der Waals surface area contributed by atoms with E-state index in [9.17, 15) is 9.59 Å². The third kappa shape index (κ3) is 7.61. The third-order valence-electron chi connectivity index (χ3n) is 3.69. The highest BCUT2D eigenvalue weighted by Crippen LogP contribution is 2.36. The second-order valence-corrected chi connectivity index (χ2v) is 11.4. The van der Waals surface area contributed by atoms with Crippen LogP contribution in [0.1, 0.15) is 40.0 Å². The molecule has 20 heavy (non-hydrogen) atoms. The molecule has 0 bridgehead atoms. The van der Waals surface area contributed by atoms with Crippen LogP contribution >= 0.6 is 0 Å². The van der Waals surface area contributed by atoms with Crippen molar-refractivity contribution in [1.29, 1.82) is 0 Å². The van der Waals surface area contributed by atoms with Crippen molar-refractivity contribution in [1.82, 2.24) is 5.32 Å². The van der Waals surface area contributed by atoms with Gasteiger partial charge < -0.3 is 15.3 Å². The van der Waals surface area contributed by atoms with Crippen LogP contribution in [0, 0.1) is 0 Å². The normalized spacial score (nSPS) is 13.9. The SMILES string of the molecule is CC(C)(C)[Si](C)(C)OC[C@@H](N)CCCC(=O)NC(=O)O. The number of carbonyl (C=O) groups excluding carboxylic acids is 1. The molecular weight excluding hydrogens is 276 g/mol. The molecule has 0 heterocycles. The van der Waals surface area contributed by atoms with Crippen molar-refractivity contribution >= 4 is 20.3 Å². The van der Waals surface area contributed by atoms with E-state index in [0.29, 0.717) is 19.4 Å². The number of nitrogens with two attached hydrogens (primary N) is 1. The monoisotopic (exact) mass is 304 g/mol. The minimum atomic E-state index is -1.79. The topological polar surface area (TPSA) is 102 Å². The Bertz CT molecular complexity index is 340. The Morgan fingerprint density at radius 2 is 1.90 bits per heavy atom. The molecule has 0 spiro atoms. The molecule has 0 aliphatic heterocycles. The predicted octanol–water partition coefficient (Wildman–Crippen LogP) is 2.30. The van der Waals surface area contributed by atoms with E-state index in [1.165, 1.54) is 0 Å². The Morgan fingerprint density at radius 1 is 1.35 bits per heavy atom. The Balaban J connectivity index is 3.93. The summed E-state index contributed by atoms with van der Waals surface area (Å²) < 4.78 is 6.00. The maximum absolute atomic E-state index is 11.1. The van der Waals surface area contributed by atoms with Gasteiger partial charge in [0.2, 0.25) is 5.91 Å². The van der Waals surface area contributed by atoms with Crippen molar-refractivity contribution in [3.8, 4) is 0 Å². The first kappa shape index (κ1) is 19.1. The third-order valence-corrected chi connectivity index (χ3v) is 8.19. The Hall–Kier alpha value is -0.923. The standard InChI is InChI=1S/C13H28N2O4Si/c1-13(2,3)20(4,5)19-9-10(14)7-6-8-11(16)15-12(17)18/h10H,6-9,14H2,1-5H3,(H,15,16)(H,17,18)/t10-/m0/s1. The maximum atomic E-state index is 11.1. The van der Waals surface area contributed by atoms with Gasteiger partial charge in [0.25, 0.3) is 0 Å². The molecule has 4 N–H and O–H groups in total. The number of carboxylic acid groups (broad SMARTS) is 1. The molecule has 7 heteroatoms. The Morgan fingerprint density at radius 3 is 2.35 bits per heavy atom. The van der Waals surface area contributed by atoms with Crippen LogP contribution in [0.4, 0.5) is 4.79 Å². The van der Waals surface area contributed by atoms with Gasteiger partial charge in [0.15, 0.2) is 8.32 Å². The highest BCUT2D eigenvalue weighted by atomic mass is 28.4. The summed E-state index contributed by atoms with van der Waals surface area (Å²) in [7, 11) is -1.79. The number of imide groups is 1. The highest BCUT2D eigenvalue weighted by molar-refractivity contribution is 6.74. The summed E-state index contributed by atoms with van der Waals surface area (Å²) >= 11 is 0. The summed E-state index contributed by atoms with van der Waals surface area (Å²) in [5, 5.41) is 10.3. The predicted molar refractivity (Wildman–Crippen MR) is 81.1 cm³/mol. The van der Waals surface area contributed by atoms with E-state index in [0.717, 1.165) is 0 Å². The molecule has 2 amide bonds. The summed E-state index contributed by atoms with van der Waals surface area (Å²) in [5.41, 5.74) is 5.96. The molecule has 0 aromatic rings. The average Bonchev–Trinajstić information content (AvgIpc) is 2.23. The molecule has 0 aliphatic carbocycles. The first-order valence-electron chi connectivity index (χ1n) is 6.88. The van der Waals surface area contributed by atoms with Crippen molar-refractivity contribution in [3.05, 3.63) is 0 Å². The van der Waals surface area contributed by atoms with E-state index < -0.39 is 20.3 Å². The van der Waals surface area contributed by atoms with E-state index >= 15 is 0 Å². The number of hydrogen-bond acceptors (Lipinski definition) is 4. The lowest BCUT2D eigenvalue weighted by atomic mass is 10.1. The van der Waals surface area contributed by atoms with Crippen LogP contribution in [0.2, 0.25) is 18.1 Å². The summed E-state index contributed by atoms with van der Waals surface area (Å²) in [6.45, 7) is 11.3. The van der Waals surface area contributed by atoms with Gasteiger partial charge in [0.1, 0.15) is 0 Å². The van der Waals surface area contributed by atoms with E-state index in [1.807, 2.05) is 0 Å². The molecule has 6 nitrogen and oxygen atoms in total. The zero-order valence-corrected chi connectivity index (χ0v) is 14.2. The van der Waals surface area contributed by atoms with Crippen LogP contribution in [0.5, 0.6) is 0 Å². The van der Waals surface area contributed by atoms with Crippen molar-refractivity contribution in [3.63, 3.8) is 0 Å². The van der Waals surface area contributed by atoms with E-state index in [-0.39, 0.29) is 17.5 Å². The minimum absolute atomic E-state index is 0.123. The lowest BCUT2D eigenvalue weighted by Gasteiger charge is -2.36. The Labute approximate surface area is 122 Å². The van der Waals surface area contributed by atoms with Crippen LogP contribution in [0.25, 0.3) is 0 Å². The molecule has 0 saturated heterocycles. The van der Waals surface area contributed by atoms with Crippen LogP contribution in [0.15, 0.2) is 0 Å². The van der Waals surface area contributed by atoms with Crippen LogP contribution < -0.4 is 11.1 Å². The summed E-state index contributed by atoms with van der Waals surface area (Å²) in [6.07, 6.45) is 0.0451. The second kappa shape index (κ2) is 7.75. The van der Waals surface area contributed by atoms with Gasteiger partial charge in [-0.2, -0.15) is 0 Å². The van der Waals surface area contributed by atoms with Crippen LogP contribution in [-0.4, -0.2) is 38.1 Å². The van der Waals surface area contributed by atoms with Gasteiger partial charge in [-0.1, -0.05) is 20.8 Å². The molecule has 0 radical (unpaired) electrons. The Kier molecular flexibility index (Phi) is 7.39. The molecule has 118 valence electrons. The van der Waals surface area contributed by atoms with Crippen molar-refractivity contribution < 1.29 is 19.1 Å². The van der Waals surface area contributed by atoms with Crippen LogP contribution in [0.3, 0.4) is 0 Å². The van der Waals surface area contributed by atoms with E-state index in [4.69, 9.17) is 15.3 Å². The fourth-order valence-electron chi connectivity index (χ4n) is 1.32. The largest absolute Gasteiger partial charge is 0.465 e. The van der Waals surface area contributed by atoms with Crippen molar-refractivity contribution in [2.45, 2.75) is 64.2 Å². The molecule has 0 aromatic carbocycles.